The highest BCUT2D eigenvalue weighted by Crippen LogP contribution is 2.21. The van der Waals surface area contributed by atoms with E-state index in [1.807, 2.05) is 31.6 Å². The van der Waals surface area contributed by atoms with Crippen LogP contribution in [0.4, 0.5) is 5.69 Å². The number of hydrogen-bond acceptors (Lipinski definition) is 4. The van der Waals surface area contributed by atoms with Gasteiger partial charge in [-0.1, -0.05) is 6.92 Å². The first kappa shape index (κ1) is 13.4. The molecule has 0 aliphatic heterocycles. The molecule has 0 unspecified atom stereocenters. The fourth-order valence-corrected chi connectivity index (χ4v) is 1.90. The van der Waals surface area contributed by atoms with E-state index in [1.54, 1.807) is 6.20 Å². The Morgan fingerprint density at radius 1 is 1.37 bits per heavy atom. The monoisotopic (exact) mass is 260 g/mol. The lowest BCUT2D eigenvalue weighted by atomic mass is 10.3. The van der Waals surface area contributed by atoms with Crippen molar-refractivity contribution in [2.45, 2.75) is 33.4 Å². The van der Waals surface area contributed by atoms with Gasteiger partial charge < -0.3 is 14.6 Å². The Balaban J connectivity index is 2.03. The molecule has 0 spiro atoms. The molecule has 2 aromatic rings. The van der Waals surface area contributed by atoms with E-state index < -0.39 is 0 Å². The Labute approximate surface area is 113 Å². The highest BCUT2D eigenvalue weighted by Gasteiger charge is 2.05. The molecule has 0 radical (unpaired) electrons. The number of ether oxygens (including phenoxy) is 1. The maximum absolute atomic E-state index is 5.49. The van der Waals surface area contributed by atoms with E-state index >= 15 is 0 Å². The molecule has 2 aromatic heterocycles. The fraction of sp³-hybridized carbons (Fsp3) is 0.429. The van der Waals surface area contributed by atoms with Crippen LogP contribution >= 0.6 is 0 Å². The Bertz CT molecular complexity index is 510. The molecule has 0 bridgehead atoms. The van der Waals surface area contributed by atoms with Crippen molar-refractivity contribution < 1.29 is 4.74 Å². The van der Waals surface area contributed by atoms with E-state index in [2.05, 4.69) is 26.8 Å². The third-order valence-electron chi connectivity index (χ3n) is 2.78. The van der Waals surface area contributed by atoms with Gasteiger partial charge in [0.1, 0.15) is 0 Å². The summed E-state index contributed by atoms with van der Waals surface area (Å²) in [5.74, 6) is 0.645. The van der Waals surface area contributed by atoms with Gasteiger partial charge >= 0.3 is 0 Å². The Hall–Kier alpha value is -2.04. The van der Waals surface area contributed by atoms with E-state index in [9.17, 15) is 0 Å². The standard InChI is InChI=1S/C14H20N4O/c1-3-8-18-11-15-9-12(18)10-17-13-6-5-7-16-14(13)19-4-2/h5-7,9,11,17H,3-4,8,10H2,1-2H3. The average molecular weight is 260 g/mol. The van der Waals surface area contributed by atoms with Gasteiger partial charge in [-0.3, -0.25) is 0 Å². The first-order valence-electron chi connectivity index (χ1n) is 6.65. The van der Waals surface area contributed by atoms with Crippen LogP contribution in [0.3, 0.4) is 0 Å². The quantitative estimate of drug-likeness (QED) is 0.831. The summed E-state index contributed by atoms with van der Waals surface area (Å²) < 4.78 is 7.65. The number of pyridine rings is 1. The van der Waals surface area contributed by atoms with E-state index in [0.717, 1.165) is 24.3 Å². The normalized spacial score (nSPS) is 10.4. The third kappa shape index (κ3) is 3.47. The van der Waals surface area contributed by atoms with Crippen LogP contribution in [0.1, 0.15) is 26.0 Å². The lowest BCUT2D eigenvalue weighted by Gasteiger charge is -2.12. The van der Waals surface area contributed by atoms with Crippen molar-refractivity contribution in [1.82, 2.24) is 14.5 Å². The number of nitrogens with zero attached hydrogens (tertiary/aromatic N) is 3. The molecule has 5 heteroatoms. The van der Waals surface area contributed by atoms with Crippen molar-refractivity contribution in [3.05, 3.63) is 36.5 Å². The van der Waals surface area contributed by atoms with Crippen molar-refractivity contribution in [2.75, 3.05) is 11.9 Å². The Morgan fingerprint density at radius 3 is 3.05 bits per heavy atom. The number of anilines is 1. The maximum atomic E-state index is 5.49. The third-order valence-corrected chi connectivity index (χ3v) is 2.78. The first-order valence-corrected chi connectivity index (χ1v) is 6.65. The highest BCUT2D eigenvalue weighted by atomic mass is 16.5. The molecule has 2 heterocycles. The summed E-state index contributed by atoms with van der Waals surface area (Å²) in [6.07, 6.45) is 6.59. The largest absolute Gasteiger partial charge is 0.476 e. The van der Waals surface area contributed by atoms with Crippen LogP contribution in [0.5, 0.6) is 5.88 Å². The van der Waals surface area contributed by atoms with Gasteiger partial charge in [-0.25, -0.2) is 9.97 Å². The Kier molecular flexibility index (Phi) is 4.78. The summed E-state index contributed by atoms with van der Waals surface area (Å²) in [7, 11) is 0. The van der Waals surface area contributed by atoms with Crippen LogP contribution in [0.25, 0.3) is 0 Å². The van der Waals surface area contributed by atoms with E-state index in [1.165, 1.54) is 0 Å². The topological polar surface area (TPSA) is 52.0 Å². The van der Waals surface area contributed by atoms with Crippen molar-refractivity contribution >= 4 is 5.69 Å². The second-order valence-corrected chi connectivity index (χ2v) is 4.22. The summed E-state index contributed by atoms with van der Waals surface area (Å²) in [4.78, 5) is 8.41. The van der Waals surface area contributed by atoms with Crippen molar-refractivity contribution in [2.24, 2.45) is 0 Å². The van der Waals surface area contributed by atoms with Crippen LogP contribution in [-0.4, -0.2) is 21.1 Å². The zero-order valence-electron chi connectivity index (χ0n) is 11.5. The van der Waals surface area contributed by atoms with Crippen molar-refractivity contribution in [3.63, 3.8) is 0 Å². The highest BCUT2D eigenvalue weighted by molar-refractivity contribution is 5.52. The molecule has 0 saturated carbocycles. The second kappa shape index (κ2) is 6.78. The summed E-state index contributed by atoms with van der Waals surface area (Å²) in [6, 6.07) is 3.87. The van der Waals surface area contributed by atoms with Gasteiger partial charge in [-0.05, 0) is 25.5 Å². The molecule has 0 amide bonds. The summed E-state index contributed by atoms with van der Waals surface area (Å²) in [6.45, 7) is 6.42. The van der Waals surface area contributed by atoms with Crippen molar-refractivity contribution in [1.29, 1.82) is 0 Å². The average Bonchev–Trinajstić information content (AvgIpc) is 2.86. The van der Waals surface area contributed by atoms with E-state index in [4.69, 9.17) is 4.74 Å². The second-order valence-electron chi connectivity index (χ2n) is 4.22. The summed E-state index contributed by atoms with van der Waals surface area (Å²) in [5, 5.41) is 3.35. The number of aromatic nitrogens is 3. The molecular formula is C14H20N4O. The van der Waals surface area contributed by atoms with Gasteiger partial charge in [0.2, 0.25) is 5.88 Å². The number of rotatable bonds is 7. The van der Waals surface area contributed by atoms with Crippen LogP contribution in [-0.2, 0) is 13.1 Å². The molecule has 0 aliphatic carbocycles. The van der Waals surface area contributed by atoms with Gasteiger partial charge in [0.15, 0.2) is 0 Å². The minimum Gasteiger partial charge on any atom is -0.476 e. The van der Waals surface area contributed by atoms with E-state index in [-0.39, 0.29) is 0 Å². The molecule has 0 aliphatic rings. The zero-order valence-corrected chi connectivity index (χ0v) is 11.5. The fourth-order valence-electron chi connectivity index (χ4n) is 1.90. The SMILES string of the molecule is CCCn1cncc1CNc1cccnc1OCC. The number of nitrogens with one attached hydrogen (secondary N) is 1. The van der Waals surface area contributed by atoms with Gasteiger partial charge in [-0.2, -0.15) is 0 Å². The molecule has 0 saturated heterocycles. The lowest BCUT2D eigenvalue weighted by molar-refractivity contribution is 0.328. The minimum absolute atomic E-state index is 0.611. The van der Waals surface area contributed by atoms with Crippen LogP contribution in [0, 0.1) is 0 Å². The van der Waals surface area contributed by atoms with Gasteiger partial charge in [0.25, 0.3) is 0 Å². The molecule has 1 N–H and O–H groups in total. The minimum atomic E-state index is 0.611. The number of aryl methyl sites for hydroxylation is 1. The molecule has 2 rings (SSSR count). The lowest BCUT2D eigenvalue weighted by Crippen LogP contribution is -2.08. The zero-order chi connectivity index (χ0) is 13.5. The molecule has 19 heavy (non-hydrogen) atoms. The number of imidazole rings is 1. The van der Waals surface area contributed by atoms with Gasteiger partial charge in [0, 0.05) is 18.9 Å². The predicted octanol–water partition coefficient (Wildman–Crippen LogP) is 2.70. The van der Waals surface area contributed by atoms with Crippen LogP contribution < -0.4 is 10.1 Å². The predicted molar refractivity (Wildman–Crippen MR) is 75.3 cm³/mol. The summed E-state index contributed by atoms with van der Waals surface area (Å²) >= 11 is 0. The first-order chi connectivity index (χ1) is 9.35. The van der Waals surface area contributed by atoms with Crippen LogP contribution in [0.2, 0.25) is 0 Å². The molecule has 0 atom stereocenters. The van der Waals surface area contributed by atoms with Gasteiger partial charge in [-0.15, -0.1) is 0 Å². The molecule has 5 nitrogen and oxygen atoms in total. The maximum Gasteiger partial charge on any atom is 0.237 e. The molecule has 0 aromatic carbocycles. The van der Waals surface area contributed by atoms with Gasteiger partial charge in [0.05, 0.1) is 30.9 Å². The van der Waals surface area contributed by atoms with E-state index in [0.29, 0.717) is 19.0 Å². The summed E-state index contributed by atoms with van der Waals surface area (Å²) in [5.41, 5.74) is 2.07. The number of hydrogen-bond donors (Lipinski definition) is 1. The molecule has 0 fully saturated rings. The smallest absolute Gasteiger partial charge is 0.237 e. The Morgan fingerprint density at radius 2 is 2.26 bits per heavy atom. The van der Waals surface area contributed by atoms with Crippen molar-refractivity contribution in [3.8, 4) is 5.88 Å². The molecular weight excluding hydrogens is 240 g/mol. The van der Waals surface area contributed by atoms with Crippen LogP contribution in [0.15, 0.2) is 30.9 Å². The molecule has 102 valence electrons.